The molecule has 0 spiro atoms. The van der Waals surface area contributed by atoms with E-state index in [4.69, 9.17) is 0 Å². The number of nitrogens with one attached hydrogen (secondary N) is 1. The van der Waals surface area contributed by atoms with Gasteiger partial charge in [-0.15, -0.1) is 0 Å². The van der Waals surface area contributed by atoms with Gasteiger partial charge in [0.1, 0.15) is 0 Å². The van der Waals surface area contributed by atoms with Crippen LogP contribution in [0.1, 0.15) is 41.0 Å². The first-order chi connectivity index (χ1) is 9.93. The molecule has 2 aromatic rings. The minimum atomic E-state index is 0.609. The lowest BCUT2D eigenvalue weighted by Crippen LogP contribution is -2.32. The quantitative estimate of drug-likeness (QED) is 0.827. The summed E-state index contributed by atoms with van der Waals surface area (Å²) in [6, 6.07) is 18.1. The second-order valence-electron chi connectivity index (χ2n) is 6.14. The minimum absolute atomic E-state index is 0.609. The molecule has 4 rings (SSSR count). The topological polar surface area (TPSA) is 12.0 Å². The van der Waals surface area contributed by atoms with Crippen LogP contribution in [0.25, 0.3) is 0 Å². The molecule has 2 aliphatic rings. The summed E-state index contributed by atoms with van der Waals surface area (Å²) < 4.78 is 0. The highest BCUT2D eigenvalue weighted by molar-refractivity contribution is 5.49. The number of fused-ring (bicyclic) bond motifs is 2. The molecule has 1 heteroatoms. The maximum atomic E-state index is 3.50. The third-order valence-corrected chi connectivity index (χ3v) is 5.02. The molecule has 0 radical (unpaired) electrons. The summed E-state index contributed by atoms with van der Waals surface area (Å²) in [6.45, 7) is 2.34. The van der Waals surface area contributed by atoms with Crippen LogP contribution in [-0.2, 0) is 6.42 Å². The molecule has 0 unspecified atom stereocenters. The predicted molar refractivity (Wildman–Crippen MR) is 83.1 cm³/mol. The fourth-order valence-electron chi connectivity index (χ4n) is 4.06. The Morgan fingerprint density at radius 2 is 1.30 bits per heavy atom. The van der Waals surface area contributed by atoms with Crippen molar-refractivity contribution in [3.05, 3.63) is 70.8 Å². The van der Waals surface area contributed by atoms with Gasteiger partial charge >= 0.3 is 0 Å². The van der Waals surface area contributed by atoms with E-state index in [0.717, 1.165) is 12.3 Å². The van der Waals surface area contributed by atoms with E-state index in [9.17, 15) is 0 Å². The SMILES string of the molecule is c1ccc2c(c1)Cc1ccccc1C2C1CCNCC1. The van der Waals surface area contributed by atoms with Crippen LogP contribution >= 0.6 is 0 Å². The molecule has 1 heterocycles. The number of rotatable bonds is 1. The number of benzene rings is 2. The van der Waals surface area contributed by atoms with E-state index < -0.39 is 0 Å². The Kier molecular flexibility index (Phi) is 3.08. The van der Waals surface area contributed by atoms with E-state index in [1.54, 1.807) is 11.1 Å². The maximum Gasteiger partial charge on any atom is 0.0124 e. The molecule has 1 aliphatic heterocycles. The van der Waals surface area contributed by atoms with Crippen LogP contribution in [0, 0.1) is 5.92 Å². The largest absolute Gasteiger partial charge is 0.317 e. The van der Waals surface area contributed by atoms with Crippen molar-refractivity contribution in [2.75, 3.05) is 13.1 Å². The zero-order valence-corrected chi connectivity index (χ0v) is 11.8. The second kappa shape index (κ2) is 5.06. The van der Waals surface area contributed by atoms with Crippen molar-refractivity contribution in [2.24, 2.45) is 5.92 Å². The van der Waals surface area contributed by atoms with Crippen molar-refractivity contribution in [2.45, 2.75) is 25.2 Å². The molecular weight excluding hydrogens is 242 g/mol. The Morgan fingerprint density at radius 1 is 0.750 bits per heavy atom. The first kappa shape index (κ1) is 12.2. The van der Waals surface area contributed by atoms with Crippen molar-refractivity contribution >= 4 is 0 Å². The summed E-state index contributed by atoms with van der Waals surface area (Å²) in [5.74, 6) is 1.40. The summed E-state index contributed by atoms with van der Waals surface area (Å²) >= 11 is 0. The van der Waals surface area contributed by atoms with Gasteiger partial charge in [0, 0.05) is 5.92 Å². The fourth-order valence-corrected chi connectivity index (χ4v) is 4.06. The lowest BCUT2D eigenvalue weighted by molar-refractivity contribution is 0.339. The lowest BCUT2D eigenvalue weighted by atomic mass is 9.70. The minimum Gasteiger partial charge on any atom is -0.317 e. The van der Waals surface area contributed by atoms with E-state index in [2.05, 4.69) is 53.8 Å². The van der Waals surface area contributed by atoms with Crippen LogP contribution in [0.2, 0.25) is 0 Å². The van der Waals surface area contributed by atoms with Crippen LogP contribution in [0.4, 0.5) is 0 Å². The number of piperidine rings is 1. The molecule has 0 atom stereocenters. The molecule has 0 bridgehead atoms. The van der Waals surface area contributed by atoms with Gasteiger partial charge in [-0.05, 0) is 60.5 Å². The summed E-state index contributed by atoms with van der Waals surface area (Å²) in [5, 5.41) is 3.50. The first-order valence-corrected chi connectivity index (χ1v) is 7.80. The van der Waals surface area contributed by atoms with E-state index in [1.807, 2.05) is 0 Å². The standard InChI is InChI=1S/C19H21N/c1-3-7-17-15(5-1)13-16-6-2-4-8-18(16)19(17)14-9-11-20-12-10-14/h1-8,14,19-20H,9-13H2. The Morgan fingerprint density at radius 3 is 1.90 bits per heavy atom. The summed E-state index contributed by atoms with van der Waals surface area (Å²) in [7, 11) is 0. The predicted octanol–water partition coefficient (Wildman–Crippen LogP) is 3.72. The number of hydrogen-bond acceptors (Lipinski definition) is 1. The van der Waals surface area contributed by atoms with Crippen LogP contribution in [-0.4, -0.2) is 13.1 Å². The molecule has 2 aromatic carbocycles. The Hall–Kier alpha value is -1.60. The van der Waals surface area contributed by atoms with Crippen LogP contribution in [0.15, 0.2) is 48.5 Å². The maximum absolute atomic E-state index is 3.50. The molecule has 102 valence electrons. The van der Waals surface area contributed by atoms with Crippen molar-refractivity contribution in [1.29, 1.82) is 0 Å². The van der Waals surface area contributed by atoms with Gasteiger partial charge in [-0.2, -0.15) is 0 Å². The van der Waals surface area contributed by atoms with Gasteiger partial charge in [0.05, 0.1) is 0 Å². The third-order valence-electron chi connectivity index (χ3n) is 5.02. The third kappa shape index (κ3) is 1.97. The molecular formula is C19H21N. The summed E-state index contributed by atoms with van der Waals surface area (Å²) in [4.78, 5) is 0. The van der Waals surface area contributed by atoms with Crippen molar-refractivity contribution in [3.8, 4) is 0 Å². The Labute approximate surface area is 121 Å². The Balaban J connectivity index is 1.83. The molecule has 0 aromatic heterocycles. The van der Waals surface area contributed by atoms with Crippen LogP contribution in [0.5, 0.6) is 0 Å². The summed E-state index contributed by atoms with van der Waals surface area (Å²) in [6.07, 6.45) is 3.70. The monoisotopic (exact) mass is 263 g/mol. The highest BCUT2D eigenvalue weighted by atomic mass is 14.9. The molecule has 1 N–H and O–H groups in total. The fraction of sp³-hybridized carbons (Fsp3) is 0.368. The molecule has 1 saturated heterocycles. The van der Waals surface area contributed by atoms with Gasteiger partial charge in [0.15, 0.2) is 0 Å². The van der Waals surface area contributed by atoms with E-state index in [0.29, 0.717) is 5.92 Å². The second-order valence-corrected chi connectivity index (χ2v) is 6.14. The van der Waals surface area contributed by atoms with Gasteiger partial charge < -0.3 is 5.32 Å². The lowest BCUT2D eigenvalue weighted by Gasteiger charge is -2.36. The summed E-state index contributed by atoms with van der Waals surface area (Å²) in [5.41, 5.74) is 6.24. The van der Waals surface area contributed by atoms with Crippen molar-refractivity contribution < 1.29 is 0 Å². The number of hydrogen-bond donors (Lipinski definition) is 1. The molecule has 1 aliphatic carbocycles. The van der Waals surface area contributed by atoms with E-state index >= 15 is 0 Å². The van der Waals surface area contributed by atoms with Crippen LogP contribution < -0.4 is 5.32 Å². The first-order valence-electron chi connectivity index (χ1n) is 7.80. The van der Waals surface area contributed by atoms with Crippen LogP contribution in [0.3, 0.4) is 0 Å². The molecule has 0 saturated carbocycles. The zero-order valence-electron chi connectivity index (χ0n) is 11.8. The molecule has 20 heavy (non-hydrogen) atoms. The van der Waals surface area contributed by atoms with E-state index in [-0.39, 0.29) is 0 Å². The van der Waals surface area contributed by atoms with Gasteiger partial charge in [-0.25, -0.2) is 0 Å². The average molecular weight is 263 g/mol. The average Bonchev–Trinajstić information content (AvgIpc) is 2.53. The van der Waals surface area contributed by atoms with Gasteiger partial charge in [-0.3, -0.25) is 0 Å². The Bertz CT molecular complexity index is 565. The molecule has 1 fully saturated rings. The highest BCUT2D eigenvalue weighted by Gasteiger charge is 2.31. The smallest absolute Gasteiger partial charge is 0.0124 e. The highest BCUT2D eigenvalue weighted by Crippen LogP contribution is 2.43. The normalized spacial score (nSPS) is 19.4. The molecule has 1 nitrogen and oxygen atoms in total. The molecule has 0 amide bonds. The van der Waals surface area contributed by atoms with E-state index in [1.165, 1.54) is 37.1 Å². The van der Waals surface area contributed by atoms with Gasteiger partial charge in [0.25, 0.3) is 0 Å². The zero-order chi connectivity index (χ0) is 13.4. The van der Waals surface area contributed by atoms with Crippen molar-refractivity contribution in [1.82, 2.24) is 5.32 Å². The van der Waals surface area contributed by atoms with Gasteiger partial charge in [0.2, 0.25) is 0 Å². The van der Waals surface area contributed by atoms with Gasteiger partial charge in [-0.1, -0.05) is 48.5 Å². The van der Waals surface area contributed by atoms with Crippen molar-refractivity contribution in [3.63, 3.8) is 0 Å².